The molecule has 0 aromatic rings. The van der Waals surface area contributed by atoms with Gasteiger partial charge >= 0.3 is 0 Å². The van der Waals surface area contributed by atoms with Crippen LogP contribution in [0.25, 0.3) is 0 Å². The van der Waals surface area contributed by atoms with Gasteiger partial charge in [-0.2, -0.15) is 0 Å². The number of aliphatic hydroxyl groups excluding tert-OH is 3. The van der Waals surface area contributed by atoms with Crippen LogP contribution < -0.4 is 9.79 Å². The summed E-state index contributed by atoms with van der Waals surface area (Å²) < 4.78 is 18.8. The number of phosphoric acid groups is 1. The number of ether oxygens (including phenoxy) is 1. The van der Waals surface area contributed by atoms with Crippen LogP contribution in [0, 0.1) is 0 Å². The van der Waals surface area contributed by atoms with E-state index in [0.717, 1.165) is 0 Å². The molecule has 0 aliphatic carbocycles. The topological polar surface area (TPSA) is 142 Å². The van der Waals surface area contributed by atoms with Gasteiger partial charge in [0.15, 0.2) is 6.29 Å². The quantitative estimate of drug-likeness (QED) is 0.426. The Morgan fingerprint density at radius 2 is 1.73 bits per heavy atom. The zero-order valence-corrected chi connectivity index (χ0v) is 8.61. The molecule has 1 saturated heterocycles. The average molecular weight is 242 g/mol. The second-order valence-electron chi connectivity index (χ2n) is 3.23. The zero-order chi connectivity index (χ0) is 11.8. The molecule has 9 heteroatoms. The third-order valence-electron chi connectivity index (χ3n) is 2.04. The van der Waals surface area contributed by atoms with E-state index in [4.69, 9.17) is 4.74 Å². The maximum Gasteiger partial charge on any atom is 0.191 e. The summed E-state index contributed by atoms with van der Waals surface area (Å²) in [4.78, 5) is 20.5. The largest absolute Gasteiger partial charge is 0.790 e. The first kappa shape index (κ1) is 13.0. The Kier molecular flexibility index (Phi) is 3.85. The first-order chi connectivity index (χ1) is 6.72. The highest BCUT2D eigenvalue weighted by Gasteiger charge is 2.42. The Bertz CT molecular complexity index is 264. The van der Waals surface area contributed by atoms with Crippen molar-refractivity contribution in [2.75, 3.05) is 0 Å². The summed E-state index contributed by atoms with van der Waals surface area (Å²) in [6.45, 7) is 1.33. The van der Waals surface area contributed by atoms with E-state index in [0.29, 0.717) is 0 Å². The highest BCUT2D eigenvalue weighted by molar-refractivity contribution is 7.43. The minimum Gasteiger partial charge on any atom is -0.790 e. The molecule has 0 saturated carbocycles. The molecule has 1 heterocycles. The van der Waals surface area contributed by atoms with E-state index >= 15 is 0 Å². The molecule has 0 aromatic heterocycles. The highest BCUT2D eigenvalue weighted by atomic mass is 31.2. The number of hydrogen-bond acceptors (Lipinski definition) is 8. The van der Waals surface area contributed by atoms with Crippen LogP contribution in [0.1, 0.15) is 6.92 Å². The van der Waals surface area contributed by atoms with E-state index in [2.05, 4.69) is 4.52 Å². The molecule has 90 valence electrons. The van der Waals surface area contributed by atoms with Crippen LogP contribution in [-0.4, -0.2) is 46.0 Å². The van der Waals surface area contributed by atoms with Crippen LogP contribution >= 0.6 is 7.82 Å². The van der Waals surface area contributed by atoms with Crippen LogP contribution in [0.4, 0.5) is 0 Å². The van der Waals surface area contributed by atoms with Gasteiger partial charge in [-0.3, -0.25) is 0 Å². The predicted octanol–water partition coefficient (Wildman–Crippen LogP) is -3.34. The van der Waals surface area contributed by atoms with Gasteiger partial charge in [-0.1, -0.05) is 0 Å². The van der Waals surface area contributed by atoms with Crippen molar-refractivity contribution in [3.63, 3.8) is 0 Å². The van der Waals surface area contributed by atoms with Crippen molar-refractivity contribution in [2.45, 2.75) is 37.6 Å². The van der Waals surface area contributed by atoms with Gasteiger partial charge in [-0.05, 0) is 6.92 Å². The molecule has 8 nitrogen and oxygen atoms in total. The molecule has 1 aliphatic heterocycles. The molecule has 5 atom stereocenters. The summed E-state index contributed by atoms with van der Waals surface area (Å²) in [5.74, 6) is 0. The van der Waals surface area contributed by atoms with Gasteiger partial charge in [0.25, 0.3) is 0 Å². The van der Waals surface area contributed by atoms with Crippen molar-refractivity contribution in [2.24, 2.45) is 0 Å². The Morgan fingerprint density at radius 1 is 1.20 bits per heavy atom. The van der Waals surface area contributed by atoms with E-state index in [9.17, 15) is 29.7 Å². The standard InChI is InChI=1S/C6H13O8P/c1-2-3(7)4(8)5(9)6(13-2)14-15(10,11)12/h2-9H,1H3,(H2,10,11,12)/p-2/t2-,3+,4+,5-,6+/m0/s1. The van der Waals surface area contributed by atoms with E-state index in [1.165, 1.54) is 6.92 Å². The smallest absolute Gasteiger partial charge is 0.191 e. The number of phosphoric ester groups is 1. The highest BCUT2D eigenvalue weighted by Crippen LogP contribution is 2.33. The second-order valence-corrected chi connectivity index (χ2v) is 4.34. The van der Waals surface area contributed by atoms with E-state index in [1.54, 1.807) is 0 Å². The molecule has 0 radical (unpaired) electrons. The fourth-order valence-electron chi connectivity index (χ4n) is 1.23. The molecule has 1 rings (SSSR count). The number of rotatable bonds is 2. The van der Waals surface area contributed by atoms with Gasteiger partial charge in [-0.25, -0.2) is 0 Å². The Balaban J connectivity index is 2.71. The maximum atomic E-state index is 10.3. The lowest BCUT2D eigenvalue weighted by Gasteiger charge is -2.42. The van der Waals surface area contributed by atoms with Crippen LogP contribution in [0.3, 0.4) is 0 Å². The van der Waals surface area contributed by atoms with Crippen molar-refractivity contribution in [3.05, 3.63) is 0 Å². The van der Waals surface area contributed by atoms with Crippen molar-refractivity contribution >= 4 is 7.82 Å². The minimum atomic E-state index is -5.32. The summed E-state index contributed by atoms with van der Waals surface area (Å²) in [6.07, 6.45) is -7.56. The van der Waals surface area contributed by atoms with Crippen LogP contribution in [0.5, 0.6) is 0 Å². The Hall–Kier alpha value is -0.0500. The first-order valence-electron chi connectivity index (χ1n) is 4.12. The molecule has 0 unspecified atom stereocenters. The summed E-state index contributed by atoms with van der Waals surface area (Å²) in [5, 5.41) is 27.7. The lowest BCUT2D eigenvalue weighted by atomic mass is 10.0. The third-order valence-corrected chi connectivity index (χ3v) is 2.51. The Morgan fingerprint density at radius 3 is 2.20 bits per heavy atom. The van der Waals surface area contributed by atoms with E-state index in [-0.39, 0.29) is 0 Å². The molecule has 1 fully saturated rings. The van der Waals surface area contributed by atoms with E-state index < -0.39 is 38.5 Å². The molecule has 0 aromatic carbocycles. The van der Waals surface area contributed by atoms with Crippen molar-refractivity contribution < 1.29 is 38.9 Å². The van der Waals surface area contributed by atoms with Gasteiger partial charge in [0.1, 0.15) is 18.3 Å². The van der Waals surface area contributed by atoms with Crippen LogP contribution in [0.15, 0.2) is 0 Å². The fourth-order valence-corrected chi connectivity index (χ4v) is 1.66. The molecular weight excluding hydrogens is 231 g/mol. The van der Waals surface area contributed by atoms with E-state index in [1.807, 2.05) is 0 Å². The van der Waals surface area contributed by atoms with Crippen LogP contribution in [-0.2, 0) is 13.8 Å². The van der Waals surface area contributed by atoms with Gasteiger partial charge in [-0.15, -0.1) is 0 Å². The molecule has 15 heavy (non-hydrogen) atoms. The molecular formula is C6H11O8P-2. The zero-order valence-electron chi connectivity index (χ0n) is 7.72. The van der Waals surface area contributed by atoms with Crippen molar-refractivity contribution in [3.8, 4) is 0 Å². The van der Waals surface area contributed by atoms with Crippen molar-refractivity contribution in [1.82, 2.24) is 0 Å². The first-order valence-corrected chi connectivity index (χ1v) is 5.58. The van der Waals surface area contributed by atoms with Gasteiger partial charge < -0.3 is 38.9 Å². The third kappa shape index (κ3) is 3.20. The molecule has 1 aliphatic rings. The lowest BCUT2D eigenvalue weighted by Crippen LogP contribution is -2.57. The summed E-state index contributed by atoms with van der Waals surface area (Å²) in [7, 11) is -5.32. The number of aliphatic hydroxyl groups is 3. The lowest BCUT2D eigenvalue weighted by molar-refractivity contribution is -0.367. The summed E-state index contributed by atoms with van der Waals surface area (Å²) in [6, 6.07) is 0. The van der Waals surface area contributed by atoms with Gasteiger partial charge in [0, 0.05) is 0 Å². The van der Waals surface area contributed by atoms with Crippen molar-refractivity contribution in [1.29, 1.82) is 0 Å². The molecule has 3 N–H and O–H groups in total. The molecule has 0 bridgehead atoms. The summed E-state index contributed by atoms with van der Waals surface area (Å²) in [5.41, 5.74) is 0. The Labute approximate surface area is 85.3 Å². The SMILES string of the molecule is C[C@@H]1O[C@H](OP(=O)([O-])[O-])[C@@H](O)[C@H](O)[C@@H]1O. The fraction of sp³-hybridized carbons (Fsp3) is 1.00. The van der Waals surface area contributed by atoms with Gasteiger partial charge in [0.05, 0.1) is 13.9 Å². The predicted molar refractivity (Wildman–Crippen MR) is 41.0 cm³/mol. The normalized spacial score (nSPS) is 42.9. The second kappa shape index (κ2) is 4.44. The molecule has 0 amide bonds. The minimum absolute atomic E-state index is 0.958. The molecule has 0 spiro atoms. The number of hydrogen-bond donors (Lipinski definition) is 3. The summed E-state index contributed by atoms with van der Waals surface area (Å²) >= 11 is 0. The van der Waals surface area contributed by atoms with Gasteiger partial charge in [0.2, 0.25) is 0 Å². The average Bonchev–Trinajstić information content (AvgIpc) is 2.08. The monoisotopic (exact) mass is 242 g/mol. The van der Waals surface area contributed by atoms with Crippen LogP contribution in [0.2, 0.25) is 0 Å². The maximum absolute atomic E-state index is 10.3.